The van der Waals surface area contributed by atoms with Gasteiger partial charge in [0.05, 0.1) is 30.9 Å². The number of aromatic nitrogens is 2. The molecule has 0 bridgehead atoms. The highest BCUT2D eigenvalue weighted by Crippen LogP contribution is 2.32. The summed E-state index contributed by atoms with van der Waals surface area (Å²) in [6, 6.07) is 11.8. The lowest BCUT2D eigenvalue weighted by Gasteiger charge is -2.30. The van der Waals surface area contributed by atoms with E-state index in [2.05, 4.69) is 9.88 Å². The molecule has 1 fully saturated rings. The maximum absolute atomic E-state index is 13.6. The molecule has 1 saturated heterocycles. The number of likely N-dealkylation sites (tertiary alicyclic amines) is 1. The minimum atomic E-state index is -0.300. The van der Waals surface area contributed by atoms with Gasteiger partial charge < -0.3 is 14.2 Å². The second-order valence-corrected chi connectivity index (χ2v) is 8.89. The van der Waals surface area contributed by atoms with Crippen molar-refractivity contribution < 1.29 is 13.9 Å². The fourth-order valence-electron chi connectivity index (χ4n) is 4.61. The van der Waals surface area contributed by atoms with Gasteiger partial charge in [-0.25, -0.2) is 14.4 Å². The summed E-state index contributed by atoms with van der Waals surface area (Å²) in [5.74, 6) is 0.860. The van der Waals surface area contributed by atoms with Gasteiger partial charge in [-0.2, -0.15) is 0 Å². The summed E-state index contributed by atoms with van der Waals surface area (Å²) in [4.78, 5) is 26.6. The van der Waals surface area contributed by atoms with Gasteiger partial charge in [-0.3, -0.25) is 9.69 Å². The van der Waals surface area contributed by atoms with Crippen molar-refractivity contribution >= 4 is 17.9 Å². The van der Waals surface area contributed by atoms with Crippen molar-refractivity contribution in [1.82, 2.24) is 19.4 Å². The number of aliphatic imine (C=N–C) groups is 1. The molecule has 2 aliphatic rings. The summed E-state index contributed by atoms with van der Waals surface area (Å²) >= 11 is 0. The van der Waals surface area contributed by atoms with Gasteiger partial charge in [0.15, 0.2) is 0 Å². The fraction of sp³-hybridized carbons (Fsp3) is 0.296. The summed E-state index contributed by atoms with van der Waals surface area (Å²) in [5, 5.41) is 0. The van der Waals surface area contributed by atoms with Crippen LogP contribution < -0.4 is 4.74 Å². The number of ether oxygens (including phenoxy) is 1. The van der Waals surface area contributed by atoms with Gasteiger partial charge in [0.2, 0.25) is 5.96 Å². The number of nitrogens with zero attached hydrogens (tertiary/aromatic N) is 5. The highest BCUT2D eigenvalue weighted by molar-refractivity contribution is 6.14. The minimum Gasteiger partial charge on any atom is -0.495 e. The monoisotopic (exact) mass is 473 g/mol. The molecule has 0 spiro atoms. The molecule has 2 aromatic carbocycles. The summed E-state index contributed by atoms with van der Waals surface area (Å²) in [5.41, 5.74) is 3.81. The molecule has 8 heteroatoms. The number of hydrogen-bond donors (Lipinski definition) is 0. The Morgan fingerprint density at radius 2 is 1.86 bits per heavy atom. The predicted molar refractivity (Wildman–Crippen MR) is 133 cm³/mol. The van der Waals surface area contributed by atoms with Crippen LogP contribution >= 0.6 is 0 Å². The van der Waals surface area contributed by atoms with E-state index in [1.807, 2.05) is 42.8 Å². The van der Waals surface area contributed by atoms with Crippen LogP contribution in [-0.4, -0.2) is 51.4 Å². The van der Waals surface area contributed by atoms with Crippen molar-refractivity contribution in [2.75, 3.05) is 20.2 Å². The van der Waals surface area contributed by atoms with Crippen molar-refractivity contribution in [3.63, 3.8) is 0 Å². The smallest absolute Gasteiger partial charge is 0.279 e. The Balaban J connectivity index is 1.50. The second-order valence-electron chi connectivity index (χ2n) is 8.89. The van der Waals surface area contributed by atoms with Crippen molar-refractivity contribution in [3.8, 4) is 11.4 Å². The molecular formula is C27H28FN5O2. The van der Waals surface area contributed by atoms with Gasteiger partial charge >= 0.3 is 0 Å². The van der Waals surface area contributed by atoms with E-state index in [-0.39, 0.29) is 17.8 Å². The van der Waals surface area contributed by atoms with E-state index in [1.54, 1.807) is 36.5 Å². The number of carbonyl (C=O) groups excluding carboxylic acids is 1. The van der Waals surface area contributed by atoms with E-state index in [0.717, 1.165) is 48.4 Å². The number of imidazole rings is 1. The van der Waals surface area contributed by atoms with Gasteiger partial charge in [-0.05, 0) is 68.2 Å². The van der Waals surface area contributed by atoms with Crippen LogP contribution in [0.4, 0.5) is 4.39 Å². The maximum atomic E-state index is 13.6. The summed E-state index contributed by atoms with van der Waals surface area (Å²) in [7, 11) is 1.62. The molecule has 0 radical (unpaired) electrons. The zero-order valence-electron chi connectivity index (χ0n) is 20.1. The minimum absolute atomic E-state index is 0.169. The molecule has 0 aliphatic carbocycles. The Kier molecular flexibility index (Phi) is 6.11. The first-order valence-electron chi connectivity index (χ1n) is 11.8. The van der Waals surface area contributed by atoms with Crippen LogP contribution in [0.25, 0.3) is 11.8 Å². The van der Waals surface area contributed by atoms with E-state index in [1.165, 1.54) is 12.1 Å². The molecule has 1 amide bonds. The highest BCUT2D eigenvalue weighted by Gasteiger charge is 2.38. The van der Waals surface area contributed by atoms with Gasteiger partial charge in [-0.1, -0.05) is 18.2 Å². The van der Waals surface area contributed by atoms with Gasteiger partial charge in [0.25, 0.3) is 5.91 Å². The number of amides is 1. The number of methoxy groups -OCH3 is 1. The third-order valence-corrected chi connectivity index (χ3v) is 6.50. The van der Waals surface area contributed by atoms with Crippen molar-refractivity contribution in [2.45, 2.75) is 32.7 Å². The van der Waals surface area contributed by atoms with Crippen molar-refractivity contribution in [1.29, 1.82) is 0 Å². The van der Waals surface area contributed by atoms with Crippen molar-refractivity contribution in [3.05, 3.63) is 83.3 Å². The highest BCUT2D eigenvalue weighted by atomic mass is 19.1. The Morgan fingerprint density at radius 1 is 1.11 bits per heavy atom. The van der Waals surface area contributed by atoms with Crippen LogP contribution in [0.1, 0.15) is 42.6 Å². The van der Waals surface area contributed by atoms with Gasteiger partial charge in [0, 0.05) is 19.3 Å². The van der Waals surface area contributed by atoms with E-state index >= 15 is 0 Å². The van der Waals surface area contributed by atoms with E-state index in [0.29, 0.717) is 17.4 Å². The van der Waals surface area contributed by atoms with Crippen LogP contribution in [0.3, 0.4) is 0 Å². The van der Waals surface area contributed by atoms with Crippen LogP contribution in [-0.2, 0) is 4.79 Å². The number of hydrogen-bond acceptors (Lipinski definition) is 5. The number of guanidine groups is 1. The topological polar surface area (TPSA) is 63.0 Å². The fourth-order valence-corrected chi connectivity index (χ4v) is 4.61. The number of rotatable bonds is 5. The summed E-state index contributed by atoms with van der Waals surface area (Å²) < 4.78 is 21.0. The normalized spacial score (nSPS) is 17.9. The molecule has 0 saturated carbocycles. The first-order valence-corrected chi connectivity index (χ1v) is 11.8. The molecule has 1 atom stereocenters. The van der Waals surface area contributed by atoms with Crippen LogP contribution in [0.2, 0.25) is 0 Å². The lowest BCUT2D eigenvalue weighted by atomic mass is 10.1. The molecule has 7 nitrogen and oxygen atoms in total. The molecule has 35 heavy (non-hydrogen) atoms. The van der Waals surface area contributed by atoms with Gasteiger partial charge in [-0.15, -0.1) is 0 Å². The maximum Gasteiger partial charge on any atom is 0.279 e. The van der Waals surface area contributed by atoms with E-state index in [4.69, 9.17) is 9.73 Å². The van der Waals surface area contributed by atoms with Crippen LogP contribution in [0, 0.1) is 12.7 Å². The lowest BCUT2D eigenvalue weighted by molar-refractivity contribution is -0.124. The molecule has 0 unspecified atom stereocenters. The van der Waals surface area contributed by atoms with E-state index in [9.17, 15) is 9.18 Å². The molecule has 180 valence electrons. The Morgan fingerprint density at radius 3 is 2.51 bits per heavy atom. The van der Waals surface area contributed by atoms with Crippen LogP contribution in [0.5, 0.6) is 5.75 Å². The average Bonchev–Trinajstić information content (AvgIpc) is 3.60. The largest absolute Gasteiger partial charge is 0.495 e. The molecule has 2 aliphatic heterocycles. The lowest BCUT2D eigenvalue weighted by Crippen LogP contribution is -2.43. The number of carbonyl (C=O) groups is 1. The van der Waals surface area contributed by atoms with Gasteiger partial charge in [0.1, 0.15) is 17.3 Å². The Bertz CT molecular complexity index is 1310. The third-order valence-electron chi connectivity index (χ3n) is 6.50. The second kappa shape index (κ2) is 9.37. The number of halogens is 1. The SMILES string of the molecule is COc1cc(/C=C2\N=C(N3CCCC3)N([C@@H](C)c3ccc(F)cc3)C2=O)ccc1-n1cnc(C)c1. The first kappa shape index (κ1) is 22.8. The molecule has 0 N–H and O–H groups in total. The van der Waals surface area contributed by atoms with E-state index < -0.39 is 0 Å². The molecule has 5 rings (SSSR count). The zero-order chi connectivity index (χ0) is 24.5. The first-order chi connectivity index (χ1) is 16.9. The Labute approximate surface area is 204 Å². The zero-order valence-corrected chi connectivity index (χ0v) is 20.1. The third kappa shape index (κ3) is 4.43. The molecule has 3 aromatic rings. The molecule has 3 heterocycles. The number of aryl methyl sites for hydroxylation is 1. The quantitative estimate of drug-likeness (QED) is 0.503. The molecular weight excluding hydrogens is 445 g/mol. The van der Waals surface area contributed by atoms with Crippen molar-refractivity contribution in [2.24, 2.45) is 4.99 Å². The standard InChI is InChI=1S/C27H28FN5O2/c1-18-16-32(17-29-18)24-11-6-20(15-25(24)35-3)14-23-26(34)33(27(30-23)31-12-4-5-13-31)19(2)21-7-9-22(28)10-8-21/h6-11,14-17,19H,4-5,12-13H2,1-3H3/b23-14-/t19-/m0/s1. The summed E-state index contributed by atoms with van der Waals surface area (Å²) in [6.45, 7) is 5.60. The number of benzene rings is 2. The summed E-state index contributed by atoms with van der Waals surface area (Å²) in [6.07, 6.45) is 7.60. The molecule has 1 aromatic heterocycles. The predicted octanol–water partition coefficient (Wildman–Crippen LogP) is 4.72. The Hall–Kier alpha value is -3.94. The van der Waals surface area contributed by atoms with Crippen LogP contribution in [0.15, 0.2) is 65.7 Å². The average molecular weight is 474 g/mol.